The predicted molar refractivity (Wildman–Crippen MR) is 166 cm³/mol. The summed E-state index contributed by atoms with van der Waals surface area (Å²) in [5.41, 5.74) is 13.8. The summed E-state index contributed by atoms with van der Waals surface area (Å²) in [5.74, 6) is 2.25. The van der Waals surface area contributed by atoms with Gasteiger partial charge in [0.2, 0.25) is 17.7 Å². The minimum atomic E-state index is -0.950. The van der Waals surface area contributed by atoms with Crippen molar-refractivity contribution in [2.45, 2.75) is 44.0 Å². The van der Waals surface area contributed by atoms with E-state index >= 15 is 0 Å². The molecule has 1 amide bonds. The molecule has 0 saturated heterocycles. The Morgan fingerprint density at radius 2 is 1.87 bits per heavy atom. The lowest BCUT2D eigenvalue weighted by molar-refractivity contribution is -0.123. The number of H-pyrrole nitrogens is 1. The first-order valence-corrected chi connectivity index (χ1v) is 15.3. The van der Waals surface area contributed by atoms with E-state index in [1.807, 2.05) is 32.2 Å². The fraction of sp³-hybridized carbons (Fsp3) is 0.229. The highest BCUT2D eigenvalue weighted by Crippen LogP contribution is 2.61. The van der Waals surface area contributed by atoms with Crippen LogP contribution in [0.25, 0.3) is 44.9 Å². The van der Waals surface area contributed by atoms with E-state index < -0.39 is 23.7 Å². The maximum atomic E-state index is 13.4. The van der Waals surface area contributed by atoms with Crippen molar-refractivity contribution in [1.29, 1.82) is 0 Å². The Labute approximate surface area is 257 Å². The number of fused-ring (bicyclic) bond motifs is 7. The molecule has 0 fully saturated rings. The zero-order valence-corrected chi connectivity index (χ0v) is 24.5. The molecule has 3 aromatic heterocycles. The molecule has 4 atom stereocenters. The number of aromatic nitrogens is 3. The molecule has 10 nitrogen and oxygen atoms in total. The first kappa shape index (κ1) is 25.0. The summed E-state index contributed by atoms with van der Waals surface area (Å²) in [4.78, 5) is 26.7. The molecule has 7 heterocycles. The average Bonchev–Trinajstić information content (AvgIpc) is 3.84. The van der Waals surface area contributed by atoms with Gasteiger partial charge in [-0.25, -0.2) is 9.97 Å². The normalized spacial score (nSPS) is 23.6. The largest absolute Gasteiger partial charge is 0.469 e. The summed E-state index contributed by atoms with van der Waals surface area (Å²) in [6, 6.07) is 17.3. The number of nitrogens with one attached hydrogen (secondary N) is 3. The van der Waals surface area contributed by atoms with Crippen molar-refractivity contribution in [2.75, 3.05) is 5.32 Å². The van der Waals surface area contributed by atoms with Crippen molar-refractivity contribution in [3.8, 4) is 39.8 Å². The Kier molecular flexibility index (Phi) is 4.68. The third-order valence-corrected chi connectivity index (χ3v) is 9.87. The molecule has 0 saturated carbocycles. The molecule has 0 radical (unpaired) electrons. The SMILES string of the molecule is CC(C)C1NC(=O)C(N)Cc2ccc3c(c2)C24c5cccc(c5NC2O3)-c2cccc3[nH]cc(c23)-c2cnc(o2)-c2nc1oc24. The molecule has 10 bridgehead atoms. The van der Waals surface area contributed by atoms with Crippen molar-refractivity contribution in [3.63, 3.8) is 0 Å². The van der Waals surface area contributed by atoms with Crippen molar-refractivity contribution in [3.05, 3.63) is 95.3 Å². The van der Waals surface area contributed by atoms with E-state index in [0.717, 1.165) is 55.7 Å². The minimum Gasteiger partial charge on any atom is -0.469 e. The van der Waals surface area contributed by atoms with E-state index in [1.165, 1.54) is 0 Å². The summed E-state index contributed by atoms with van der Waals surface area (Å²) >= 11 is 0. The van der Waals surface area contributed by atoms with Crippen LogP contribution in [0, 0.1) is 5.92 Å². The number of ether oxygens (including phenoxy) is 1. The second-order valence-corrected chi connectivity index (χ2v) is 12.7. The molecule has 10 heteroatoms. The van der Waals surface area contributed by atoms with Gasteiger partial charge in [0.05, 0.1) is 12.2 Å². The molecule has 4 unspecified atom stereocenters. The first-order chi connectivity index (χ1) is 21.9. The summed E-state index contributed by atoms with van der Waals surface area (Å²) in [6.45, 7) is 4.04. The van der Waals surface area contributed by atoms with Crippen molar-refractivity contribution < 1.29 is 18.4 Å². The van der Waals surface area contributed by atoms with Gasteiger partial charge in [0.15, 0.2) is 23.4 Å². The third-order valence-electron chi connectivity index (χ3n) is 9.87. The van der Waals surface area contributed by atoms with Gasteiger partial charge in [-0.05, 0) is 35.6 Å². The van der Waals surface area contributed by atoms with E-state index in [4.69, 9.17) is 29.3 Å². The number of rotatable bonds is 1. The molecule has 3 aromatic carbocycles. The predicted octanol–water partition coefficient (Wildman–Crippen LogP) is 5.63. The van der Waals surface area contributed by atoms with Crippen LogP contribution in [0.15, 0.2) is 75.8 Å². The highest BCUT2D eigenvalue weighted by atomic mass is 16.5. The van der Waals surface area contributed by atoms with Gasteiger partial charge in [-0.1, -0.05) is 56.3 Å². The number of hydrogen-bond acceptors (Lipinski definition) is 8. The van der Waals surface area contributed by atoms with Gasteiger partial charge in [-0.2, -0.15) is 0 Å². The van der Waals surface area contributed by atoms with Gasteiger partial charge in [-0.3, -0.25) is 4.79 Å². The second kappa shape index (κ2) is 8.42. The van der Waals surface area contributed by atoms with Crippen LogP contribution in [0.4, 0.5) is 5.69 Å². The van der Waals surface area contributed by atoms with Gasteiger partial charge in [0, 0.05) is 45.0 Å². The van der Waals surface area contributed by atoms with Crippen LogP contribution < -0.4 is 21.1 Å². The Balaban J connectivity index is 1.39. The Hall–Kier alpha value is -5.35. The maximum Gasteiger partial charge on any atom is 0.249 e. The smallest absolute Gasteiger partial charge is 0.249 e. The number of nitrogens with two attached hydrogens (primary N) is 1. The van der Waals surface area contributed by atoms with Crippen LogP contribution in [-0.4, -0.2) is 33.1 Å². The number of benzene rings is 3. The number of carbonyl (C=O) groups is 1. The highest BCUT2D eigenvalue weighted by molar-refractivity contribution is 6.07. The lowest BCUT2D eigenvalue weighted by atomic mass is 9.72. The lowest BCUT2D eigenvalue weighted by Gasteiger charge is -2.28. The van der Waals surface area contributed by atoms with Crippen LogP contribution in [0.2, 0.25) is 0 Å². The molecule has 1 spiro atoms. The lowest BCUT2D eigenvalue weighted by Crippen LogP contribution is -2.45. The van der Waals surface area contributed by atoms with Crippen LogP contribution in [0.3, 0.4) is 0 Å². The molecule has 10 rings (SSSR count). The molecule has 4 aliphatic heterocycles. The standard InChI is InChI=1S/C35H28N6O4/c1-15(2)27-33-40-29-30(45-33)35-20-7-3-6-18(17-5-4-8-23-26(17)19(13-37-23)25-14-38-32(29)43-25)28(20)41-34(35)44-24-10-9-16(11-21(24)35)12-22(36)31(42)39-27/h3-11,13-15,22,27,34,37,41H,12,36H2,1-2H3,(H,39,42). The maximum absolute atomic E-state index is 13.4. The van der Waals surface area contributed by atoms with Gasteiger partial charge in [0.25, 0.3) is 0 Å². The topological polar surface area (TPSA) is 144 Å². The molecular formula is C35H28N6O4. The molecular weight excluding hydrogens is 568 g/mol. The fourth-order valence-corrected chi connectivity index (χ4v) is 7.77. The van der Waals surface area contributed by atoms with E-state index in [1.54, 1.807) is 6.20 Å². The monoisotopic (exact) mass is 596 g/mol. The van der Waals surface area contributed by atoms with Gasteiger partial charge >= 0.3 is 0 Å². The molecule has 5 N–H and O–H groups in total. The van der Waals surface area contributed by atoms with Crippen molar-refractivity contribution in [1.82, 2.24) is 20.3 Å². The second-order valence-electron chi connectivity index (χ2n) is 12.7. The van der Waals surface area contributed by atoms with Crippen molar-refractivity contribution in [2.24, 2.45) is 11.7 Å². The Morgan fingerprint density at radius 3 is 2.76 bits per heavy atom. The van der Waals surface area contributed by atoms with E-state index in [2.05, 4.69) is 58.1 Å². The number of anilines is 1. The highest BCUT2D eigenvalue weighted by Gasteiger charge is 2.61. The van der Waals surface area contributed by atoms with E-state index in [9.17, 15) is 4.79 Å². The molecule has 0 aliphatic carbocycles. The average molecular weight is 597 g/mol. The number of carbonyl (C=O) groups excluding carboxylic acids is 1. The van der Waals surface area contributed by atoms with Crippen LogP contribution >= 0.6 is 0 Å². The Morgan fingerprint density at radius 1 is 1.00 bits per heavy atom. The fourth-order valence-electron chi connectivity index (χ4n) is 7.77. The number of oxazole rings is 2. The van der Waals surface area contributed by atoms with Gasteiger partial charge in [0.1, 0.15) is 17.2 Å². The van der Waals surface area contributed by atoms with Crippen LogP contribution in [-0.2, 0) is 16.6 Å². The van der Waals surface area contributed by atoms with Crippen LogP contribution in [0.5, 0.6) is 5.75 Å². The minimum absolute atomic E-state index is 0.0459. The summed E-state index contributed by atoms with van der Waals surface area (Å²) < 4.78 is 20.2. The van der Waals surface area contributed by atoms with Gasteiger partial charge in [-0.15, -0.1) is 0 Å². The Bertz CT molecular complexity index is 2240. The molecule has 6 aromatic rings. The summed E-state index contributed by atoms with van der Waals surface area (Å²) in [6.07, 6.45) is 3.51. The number of hydrogen-bond donors (Lipinski definition) is 4. The number of amides is 1. The number of aromatic amines is 1. The summed E-state index contributed by atoms with van der Waals surface area (Å²) in [5, 5.41) is 7.93. The number of para-hydroxylation sites is 1. The zero-order valence-electron chi connectivity index (χ0n) is 24.5. The quantitative estimate of drug-likeness (QED) is 0.191. The molecule has 222 valence electrons. The van der Waals surface area contributed by atoms with E-state index in [0.29, 0.717) is 35.4 Å². The number of nitrogens with zero attached hydrogens (tertiary/aromatic N) is 2. The molecule has 45 heavy (non-hydrogen) atoms. The first-order valence-electron chi connectivity index (χ1n) is 15.3. The summed E-state index contributed by atoms with van der Waals surface area (Å²) in [7, 11) is 0. The molecule has 4 aliphatic rings. The third kappa shape index (κ3) is 3.09. The van der Waals surface area contributed by atoms with E-state index in [-0.39, 0.29) is 11.8 Å². The van der Waals surface area contributed by atoms with Crippen LogP contribution in [0.1, 0.15) is 48.2 Å². The van der Waals surface area contributed by atoms with Crippen molar-refractivity contribution >= 4 is 22.5 Å². The zero-order chi connectivity index (χ0) is 30.2. The van der Waals surface area contributed by atoms with Gasteiger partial charge < -0.3 is 34.9 Å².